The highest BCUT2D eigenvalue weighted by atomic mass is 32.2. The van der Waals surface area contributed by atoms with Gasteiger partial charge in [-0.2, -0.15) is 0 Å². The van der Waals surface area contributed by atoms with E-state index in [2.05, 4.69) is 5.32 Å². The predicted octanol–water partition coefficient (Wildman–Crippen LogP) is 5.24. The van der Waals surface area contributed by atoms with Crippen molar-refractivity contribution >= 4 is 23.4 Å². The van der Waals surface area contributed by atoms with E-state index in [9.17, 15) is 4.79 Å². The van der Waals surface area contributed by atoms with Crippen LogP contribution in [0, 0.1) is 0 Å². The molecule has 0 radical (unpaired) electrons. The van der Waals surface area contributed by atoms with Crippen molar-refractivity contribution in [1.29, 1.82) is 0 Å². The maximum atomic E-state index is 12.8. The Labute approximate surface area is 168 Å². The summed E-state index contributed by atoms with van der Waals surface area (Å²) in [5, 5.41) is 2.82. The zero-order valence-electron chi connectivity index (χ0n) is 15.6. The fraction of sp³-hybridized carbons (Fsp3) is 0.174. The molecule has 0 bridgehead atoms. The maximum absolute atomic E-state index is 12.8. The second-order valence-corrected chi connectivity index (χ2v) is 7.88. The molecule has 0 saturated heterocycles. The molecule has 0 spiro atoms. The van der Waals surface area contributed by atoms with Gasteiger partial charge in [-0.3, -0.25) is 4.79 Å². The highest BCUT2D eigenvalue weighted by Gasteiger charge is 2.18. The minimum atomic E-state index is -0.258. The number of ether oxygens (including phenoxy) is 2. The van der Waals surface area contributed by atoms with Crippen molar-refractivity contribution in [3.63, 3.8) is 0 Å². The van der Waals surface area contributed by atoms with Gasteiger partial charge in [-0.1, -0.05) is 48.5 Å². The third kappa shape index (κ3) is 4.15. The van der Waals surface area contributed by atoms with Crippen molar-refractivity contribution in [1.82, 2.24) is 0 Å². The molecule has 1 atom stereocenters. The highest BCUT2D eigenvalue weighted by molar-refractivity contribution is 8.00. The third-order valence-electron chi connectivity index (χ3n) is 4.47. The summed E-state index contributed by atoms with van der Waals surface area (Å²) >= 11 is 1.50. The number of thioether (sulfide) groups is 1. The number of rotatable bonds is 5. The van der Waals surface area contributed by atoms with Gasteiger partial charge in [0.2, 0.25) is 5.91 Å². The zero-order valence-corrected chi connectivity index (χ0v) is 16.4. The number of hydrogen-bond donors (Lipinski definition) is 1. The number of fused-ring (bicyclic) bond motifs is 1. The summed E-state index contributed by atoms with van der Waals surface area (Å²) in [4.78, 5) is 13.8. The van der Waals surface area contributed by atoms with Crippen molar-refractivity contribution in [2.24, 2.45) is 0 Å². The van der Waals surface area contributed by atoms with Crippen LogP contribution in [0.25, 0.3) is 11.1 Å². The predicted molar refractivity (Wildman–Crippen MR) is 113 cm³/mol. The van der Waals surface area contributed by atoms with E-state index < -0.39 is 0 Å². The van der Waals surface area contributed by atoms with E-state index in [1.807, 2.05) is 79.7 Å². The average molecular weight is 391 g/mol. The van der Waals surface area contributed by atoms with Gasteiger partial charge in [0.15, 0.2) is 11.5 Å². The van der Waals surface area contributed by atoms with Crippen LogP contribution in [0.2, 0.25) is 0 Å². The van der Waals surface area contributed by atoms with Crippen LogP contribution in [0.1, 0.15) is 6.92 Å². The first kappa shape index (κ1) is 18.4. The number of hydrogen-bond acceptors (Lipinski definition) is 4. The minimum Gasteiger partial charge on any atom is -0.486 e. The van der Waals surface area contributed by atoms with Crippen LogP contribution in [-0.4, -0.2) is 24.4 Å². The molecule has 4 nitrogen and oxygen atoms in total. The van der Waals surface area contributed by atoms with E-state index >= 15 is 0 Å². The van der Waals surface area contributed by atoms with Gasteiger partial charge in [-0.25, -0.2) is 0 Å². The zero-order chi connectivity index (χ0) is 19.3. The first-order valence-electron chi connectivity index (χ1n) is 9.22. The van der Waals surface area contributed by atoms with Crippen molar-refractivity contribution < 1.29 is 14.3 Å². The second kappa shape index (κ2) is 8.40. The molecule has 0 saturated carbocycles. The summed E-state index contributed by atoms with van der Waals surface area (Å²) in [6.45, 7) is 3.02. The molecule has 3 aromatic rings. The van der Waals surface area contributed by atoms with Gasteiger partial charge >= 0.3 is 0 Å². The molecule has 1 amide bonds. The molecule has 4 rings (SSSR count). The van der Waals surface area contributed by atoms with Crippen LogP contribution in [0.15, 0.2) is 77.7 Å². The topological polar surface area (TPSA) is 47.6 Å². The normalized spacial score (nSPS) is 13.6. The molecule has 142 valence electrons. The summed E-state index contributed by atoms with van der Waals surface area (Å²) in [5.41, 5.74) is 2.90. The fourth-order valence-corrected chi connectivity index (χ4v) is 3.95. The first-order valence-corrected chi connectivity index (χ1v) is 10.1. The van der Waals surface area contributed by atoms with Gasteiger partial charge in [0.05, 0.1) is 5.25 Å². The number of carbonyl (C=O) groups excluding carboxylic acids is 1. The molecule has 0 fully saturated rings. The van der Waals surface area contributed by atoms with Crippen LogP contribution in [0.4, 0.5) is 5.69 Å². The van der Waals surface area contributed by atoms with Crippen LogP contribution >= 0.6 is 11.8 Å². The number of para-hydroxylation sites is 1. The maximum Gasteiger partial charge on any atom is 0.237 e. The molecule has 1 N–H and O–H groups in total. The Balaban J connectivity index is 1.47. The smallest absolute Gasteiger partial charge is 0.237 e. The van der Waals surface area contributed by atoms with Crippen LogP contribution in [0.3, 0.4) is 0 Å². The van der Waals surface area contributed by atoms with Crippen LogP contribution < -0.4 is 14.8 Å². The Morgan fingerprint density at radius 1 is 0.929 bits per heavy atom. The molecule has 0 aliphatic carbocycles. The summed E-state index contributed by atoms with van der Waals surface area (Å²) in [5.74, 6) is 1.45. The van der Waals surface area contributed by atoms with Gasteiger partial charge in [-0.15, -0.1) is 11.8 Å². The lowest BCUT2D eigenvalue weighted by molar-refractivity contribution is -0.115. The largest absolute Gasteiger partial charge is 0.486 e. The Kier molecular flexibility index (Phi) is 5.53. The summed E-state index contributed by atoms with van der Waals surface area (Å²) in [6.07, 6.45) is 0. The van der Waals surface area contributed by atoms with E-state index in [-0.39, 0.29) is 11.2 Å². The van der Waals surface area contributed by atoms with Gasteiger partial charge in [0.25, 0.3) is 0 Å². The van der Waals surface area contributed by atoms with Crippen LogP contribution in [-0.2, 0) is 4.79 Å². The van der Waals surface area contributed by atoms with Crippen molar-refractivity contribution in [3.8, 4) is 22.6 Å². The van der Waals surface area contributed by atoms with Crippen molar-refractivity contribution in [3.05, 3.63) is 72.8 Å². The van der Waals surface area contributed by atoms with Crippen molar-refractivity contribution in [2.45, 2.75) is 17.1 Å². The third-order valence-corrected chi connectivity index (χ3v) is 5.56. The lowest BCUT2D eigenvalue weighted by atomic mass is 10.0. The monoisotopic (exact) mass is 391 g/mol. The van der Waals surface area contributed by atoms with E-state index in [0.717, 1.165) is 33.2 Å². The lowest BCUT2D eigenvalue weighted by Crippen LogP contribution is -2.22. The molecule has 1 aliphatic rings. The van der Waals surface area contributed by atoms with Crippen LogP contribution in [0.5, 0.6) is 11.5 Å². The lowest BCUT2D eigenvalue weighted by Gasteiger charge is -2.19. The molecular weight excluding hydrogens is 370 g/mol. The Morgan fingerprint density at radius 2 is 1.64 bits per heavy atom. The Morgan fingerprint density at radius 3 is 2.46 bits per heavy atom. The average Bonchev–Trinajstić information content (AvgIpc) is 2.74. The van der Waals surface area contributed by atoms with Gasteiger partial charge < -0.3 is 14.8 Å². The summed E-state index contributed by atoms with van der Waals surface area (Å²) < 4.78 is 11.2. The van der Waals surface area contributed by atoms with E-state index in [4.69, 9.17) is 9.47 Å². The summed E-state index contributed by atoms with van der Waals surface area (Å²) in [7, 11) is 0. The number of amides is 1. The van der Waals surface area contributed by atoms with E-state index in [1.165, 1.54) is 11.8 Å². The Hall–Kier alpha value is -2.92. The van der Waals surface area contributed by atoms with Crippen molar-refractivity contribution in [2.75, 3.05) is 18.5 Å². The van der Waals surface area contributed by atoms with Gasteiger partial charge in [-0.05, 0) is 36.8 Å². The SMILES string of the molecule is C[C@@H](Sc1ccc2c(c1)OCCO2)C(=O)Nc1ccccc1-c1ccccc1. The molecule has 0 aromatic heterocycles. The van der Waals surface area contributed by atoms with Gasteiger partial charge in [0.1, 0.15) is 13.2 Å². The molecule has 28 heavy (non-hydrogen) atoms. The molecule has 1 heterocycles. The fourth-order valence-electron chi connectivity index (χ4n) is 3.05. The number of anilines is 1. The number of carbonyl (C=O) groups is 1. The number of benzene rings is 3. The quantitative estimate of drug-likeness (QED) is 0.604. The first-order chi connectivity index (χ1) is 13.7. The van der Waals surface area contributed by atoms with E-state index in [1.54, 1.807) is 0 Å². The number of nitrogens with one attached hydrogen (secondary N) is 1. The van der Waals surface area contributed by atoms with E-state index in [0.29, 0.717) is 13.2 Å². The standard InChI is InChI=1S/C23H21NO3S/c1-16(28-18-11-12-21-22(15-18)27-14-13-26-21)23(25)24-20-10-6-5-9-19(20)17-7-3-2-4-8-17/h2-12,15-16H,13-14H2,1H3,(H,24,25)/t16-/m1/s1. The molecule has 5 heteroatoms. The minimum absolute atomic E-state index is 0.0386. The molecule has 3 aromatic carbocycles. The molecule has 1 aliphatic heterocycles. The Bertz CT molecular complexity index is 975. The summed E-state index contributed by atoms with van der Waals surface area (Å²) in [6, 6.07) is 23.7. The second-order valence-electron chi connectivity index (χ2n) is 6.47. The molecular formula is C23H21NO3S. The molecule has 0 unspecified atom stereocenters. The van der Waals surface area contributed by atoms with Gasteiger partial charge in [0, 0.05) is 16.1 Å². The highest BCUT2D eigenvalue weighted by Crippen LogP contribution is 2.36.